The molecule has 0 aliphatic rings. The monoisotopic (exact) mass is 683 g/mol. The van der Waals surface area contributed by atoms with Crippen LogP contribution < -0.4 is 30.7 Å². The van der Waals surface area contributed by atoms with Gasteiger partial charge in [-0.2, -0.15) is 0 Å². The van der Waals surface area contributed by atoms with Crippen LogP contribution in [0.25, 0.3) is 0 Å². The molecule has 0 bridgehead atoms. The smallest absolute Gasteiger partial charge is 0.417 e. The van der Waals surface area contributed by atoms with Gasteiger partial charge in [-0.1, -0.05) is 0 Å². The Morgan fingerprint density at radius 3 is 1.37 bits per heavy atom. The summed E-state index contributed by atoms with van der Waals surface area (Å²) in [5.41, 5.74) is 5.49. The predicted molar refractivity (Wildman–Crippen MR) is 176 cm³/mol. The summed E-state index contributed by atoms with van der Waals surface area (Å²) in [4.78, 5) is 64.1. The Hall–Kier alpha value is -7.06. The lowest BCUT2D eigenvalue weighted by Crippen LogP contribution is -2.33. The molecule has 49 heavy (non-hydrogen) atoms. The zero-order valence-corrected chi connectivity index (χ0v) is 26.5. The van der Waals surface area contributed by atoms with Crippen LogP contribution in [0, 0.1) is 5.41 Å². The van der Waals surface area contributed by atoms with E-state index in [9.17, 15) is 44.4 Å². The number of rotatable bonds is 11. The summed E-state index contributed by atoms with van der Waals surface area (Å²) in [6, 6.07) is 5.12. The van der Waals surface area contributed by atoms with Gasteiger partial charge in [0.05, 0.1) is 28.6 Å². The molecule has 0 aliphatic heterocycles. The molecule has 21 nitrogen and oxygen atoms in total. The van der Waals surface area contributed by atoms with E-state index in [-0.39, 0.29) is 64.8 Å². The van der Waals surface area contributed by atoms with E-state index >= 15 is 0 Å². The van der Waals surface area contributed by atoms with E-state index in [1.807, 2.05) is 0 Å². The molecule has 0 radical (unpaired) electrons. The van der Waals surface area contributed by atoms with E-state index < -0.39 is 30.5 Å². The highest BCUT2D eigenvalue weighted by molar-refractivity contribution is 6.01. The zero-order valence-electron chi connectivity index (χ0n) is 26.5. The van der Waals surface area contributed by atoms with Crippen molar-refractivity contribution in [1.29, 1.82) is 5.41 Å². The van der Waals surface area contributed by atoms with Crippen molar-refractivity contribution in [1.82, 2.24) is 18.3 Å². The van der Waals surface area contributed by atoms with Crippen LogP contribution in [0.3, 0.4) is 0 Å². The van der Waals surface area contributed by atoms with Gasteiger partial charge in [0, 0.05) is 90.2 Å². The molecule has 0 saturated carbocycles. The number of nitrogens with two attached hydrogens (primary N) is 1. The number of carboxylic acid groups (broad SMARTS) is 5. The second kappa shape index (κ2) is 13.4. The number of nitrogens with one attached hydrogen (secondary N) is 2. The first-order valence-electron chi connectivity index (χ1n) is 14.0. The Labute approximate surface area is 276 Å². The van der Waals surface area contributed by atoms with Crippen molar-refractivity contribution in [3.63, 3.8) is 0 Å². The van der Waals surface area contributed by atoms with Gasteiger partial charge in [-0.05, 0) is 0 Å². The molecule has 4 rings (SSSR count). The summed E-state index contributed by atoms with van der Waals surface area (Å²) in [6.07, 6.45) is -1.82. The highest BCUT2D eigenvalue weighted by Gasteiger charge is 2.30. The van der Waals surface area contributed by atoms with Crippen molar-refractivity contribution in [2.24, 2.45) is 33.9 Å². The molecule has 0 unspecified atom stereocenters. The van der Waals surface area contributed by atoms with Crippen molar-refractivity contribution < 1.29 is 49.5 Å². The minimum Gasteiger partial charge on any atom is -0.465 e. The van der Waals surface area contributed by atoms with Crippen LogP contribution in [0.1, 0.15) is 6.42 Å². The average Bonchev–Trinajstić information content (AvgIpc) is 3.72. The largest absolute Gasteiger partial charge is 0.465 e. The van der Waals surface area contributed by atoms with E-state index in [2.05, 4.69) is 5.32 Å². The van der Waals surface area contributed by atoms with Crippen molar-refractivity contribution >= 4 is 82.3 Å². The lowest BCUT2D eigenvalue weighted by atomic mass is 10.3. The van der Waals surface area contributed by atoms with Crippen molar-refractivity contribution in [2.75, 3.05) is 31.5 Å². The third kappa shape index (κ3) is 7.03. The first-order chi connectivity index (χ1) is 22.9. The number of hydrogen-bond donors (Lipinski definition) is 8. The van der Waals surface area contributed by atoms with Gasteiger partial charge < -0.3 is 49.5 Å². The molecule has 4 heterocycles. The van der Waals surface area contributed by atoms with Crippen LogP contribution >= 0.6 is 0 Å². The number of aromatic nitrogens is 4. The first-order valence-corrected chi connectivity index (χ1v) is 14.0. The number of aryl methyl sites for hydroxylation is 4. The van der Waals surface area contributed by atoms with Crippen molar-refractivity contribution in [3.05, 3.63) is 49.1 Å². The van der Waals surface area contributed by atoms with Gasteiger partial charge in [-0.25, -0.2) is 38.7 Å². The third-order valence-electron chi connectivity index (χ3n) is 7.27. The number of amides is 5. The number of amidine groups is 1. The fraction of sp³-hybridized carbons (Fsp3) is 0.214. The van der Waals surface area contributed by atoms with E-state index in [4.69, 9.17) is 16.2 Å². The maximum Gasteiger partial charge on any atom is 0.417 e. The number of nitrogens with zero attached hydrogens (tertiary/aromatic N) is 8. The topological polar surface area (TPSA) is 281 Å². The van der Waals surface area contributed by atoms with Crippen LogP contribution in [0.15, 0.2) is 49.1 Å². The summed E-state index contributed by atoms with van der Waals surface area (Å²) in [6.45, 7) is -0.167. The normalized spacial score (nSPS) is 10.8. The Morgan fingerprint density at radius 1 is 0.633 bits per heavy atom. The van der Waals surface area contributed by atoms with Gasteiger partial charge in [0.15, 0.2) is 0 Å². The molecule has 0 fully saturated rings. The molecule has 21 heteroatoms. The quantitative estimate of drug-likeness (QED) is 0.0810. The molecule has 9 N–H and O–H groups in total. The Kier molecular flexibility index (Phi) is 9.48. The molecule has 0 aromatic carbocycles. The minimum absolute atomic E-state index is 0.00668. The second-order valence-electron chi connectivity index (χ2n) is 10.7. The summed E-state index contributed by atoms with van der Waals surface area (Å²) < 4.78 is 5.41. The average molecular weight is 684 g/mol. The zero-order chi connectivity index (χ0) is 36.5. The minimum atomic E-state index is -1.50. The van der Waals surface area contributed by atoms with Crippen LogP contribution in [0.2, 0.25) is 0 Å². The number of carbonyl (C=O) groups is 5. The SMILES string of the molecule is Cn1cc(N(C(=O)O)c2cc(N(C(=O)O)c3cc(N(C(=O)O)c4cc(NC(=O)O)cn4C)cn3C)cn2C)cc1N(CCC(=N)N)C(=O)O. The van der Waals surface area contributed by atoms with E-state index in [1.165, 1.54) is 95.5 Å². The predicted octanol–water partition coefficient (Wildman–Crippen LogP) is 4.39. The lowest BCUT2D eigenvalue weighted by molar-refractivity contribution is 0.201. The number of hydrogen-bond acceptors (Lipinski definition) is 6. The molecule has 4 aromatic rings. The van der Waals surface area contributed by atoms with Crippen LogP contribution in [0.5, 0.6) is 0 Å². The molecule has 4 aromatic heterocycles. The first kappa shape index (κ1) is 34.8. The second-order valence-corrected chi connectivity index (χ2v) is 10.7. The molecule has 260 valence electrons. The molecule has 0 atom stereocenters. The van der Waals surface area contributed by atoms with Gasteiger partial charge in [-0.3, -0.25) is 15.6 Å². The summed E-state index contributed by atoms with van der Waals surface area (Å²) in [5, 5.41) is 59.0. The van der Waals surface area contributed by atoms with Crippen LogP contribution in [-0.4, -0.2) is 86.6 Å². The molecule has 0 aliphatic carbocycles. The third-order valence-corrected chi connectivity index (χ3v) is 7.27. The van der Waals surface area contributed by atoms with E-state index in [0.29, 0.717) is 0 Å². The Balaban J connectivity index is 1.75. The maximum absolute atomic E-state index is 12.7. The number of anilines is 8. The van der Waals surface area contributed by atoms with Gasteiger partial charge in [0.1, 0.15) is 23.3 Å². The van der Waals surface area contributed by atoms with Gasteiger partial charge in [0.2, 0.25) is 0 Å². The highest BCUT2D eigenvalue weighted by atomic mass is 16.4. The standard InChI is InChI=1S/C28H33N11O10/c1-32-11-15(31-24(40)41)7-21(32)37(26(44)45)17-9-23(34(3)13-17)39(28(48)49)18-10-22(35(4)14-18)38(27(46)47)16-8-20(33(2)12-16)36(25(42)43)6-5-19(29)30/h7-14,31H,5-6H2,1-4H3,(H3,29,30)(H,40,41)(H,42,43)(H,44,45)(H,46,47)(H,48,49). The highest BCUT2D eigenvalue weighted by Crippen LogP contribution is 2.38. The summed E-state index contributed by atoms with van der Waals surface area (Å²) in [5.74, 6) is -0.175. The Bertz CT molecular complexity index is 1970. The van der Waals surface area contributed by atoms with Gasteiger partial charge in [0.25, 0.3) is 0 Å². The van der Waals surface area contributed by atoms with Crippen molar-refractivity contribution in [3.8, 4) is 0 Å². The van der Waals surface area contributed by atoms with Crippen LogP contribution in [-0.2, 0) is 28.2 Å². The summed E-state index contributed by atoms with van der Waals surface area (Å²) >= 11 is 0. The van der Waals surface area contributed by atoms with Crippen LogP contribution in [0.4, 0.5) is 70.0 Å². The molecule has 0 spiro atoms. The maximum atomic E-state index is 12.7. The fourth-order valence-electron chi connectivity index (χ4n) is 5.22. The van der Waals surface area contributed by atoms with Gasteiger partial charge in [-0.15, -0.1) is 0 Å². The fourth-order valence-corrected chi connectivity index (χ4v) is 5.22. The van der Waals surface area contributed by atoms with E-state index in [0.717, 1.165) is 19.6 Å². The Morgan fingerprint density at radius 2 is 1.00 bits per heavy atom. The molecule has 0 saturated heterocycles. The van der Waals surface area contributed by atoms with Gasteiger partial charge >= 0.3 is 30.5 Å². The summed E-state index contributed by atoms with van der Waals surface area (Å²) in [7, 11) is 5.93. The van der Waals surface area contributed by atoms with Crippen molar-refractivity contribution in [2.45, 2.75) is 6.42 Å². The van der Waals surface area contributed by atoms with E-state index in [1.54, 1.807) is 0 Å². The molecular formula is C28H33N11O10. The molecule has 5 amide bonds. The molecular weight excluding hydrogens is 650 g/mol. The lowest BCUT2D eigenvalue weighted by Gasteiger charge is -2.20.